The molecule has 7 aliphatic carbocycles. The number of benzene rings is 1. The van der Waals surface area contributed by atoms with Crippen molar-refractivity contribution in [1.82, 2.24) is 14.7 Å². The lowest BCUT2D eigenvalue weighted by Gasteiger charge is -2.61. The van der Waals surface area contributed by atoms with E-state index in [2.05, 4.69) is 213 Å². The number of hydrogen-bond donors (Lipinski definition) is 0. The minimum atomic E-state index is -0.0447. The fraction of sp³-hybridized carbons (Fsp3) is 0.574. The van der Waals surface area contributed by atoms with Crippen molar-refractivity contribution in [3.05, 3.63) is 159 Å². The number of likely N-dealkylation sites (N-methyl/N-ethyl adjacent to an activating group) is 1. The van der Waals surface area contributed by atoms with Crippen LogP contribution in [0.2, 0.25) is 0 Å². The van der Waals surface area contributed by atoms with Crippen molar-refractivity contribution in [2.24, 2.45) is 57.2 Å². The van der Waals surface area contributed by atoms with Crippen LogP contribution in [0.4, 0.5) is 5.69 Å². The highest BCUT2D eigenvalue weighted by Crippen LogP contribution is 2.58. The SMILES string of the molecule is CN1C(C2=CC(C#N)=C(N3C4=C(CC(C(C)(C)C)C=C4)C4CC(C(C)(C)C)C=CC43)CC2N2C3=C(C=C(C(C)(C)C)CC3)C3CC(C(C)(C)C)C=CC32)N(c2ccccc2)C1C1=C2C(=CCC1)OC1CC=CCC21. The molecule has 0 aromatic heterocycles. The van der Waals surface area contributed by atoms with Gasteiger partial charge in [-0.1, -0.05) is 155 Å². The fourth-order valence-electron chi connectivity index (χ4n) is 16.0. The van der Waals surface area contributed by atoms with E-state index in [0.717, 1.165) is 75.5 Å². The zero-order valence-electron chi connectivity index (χ0n) is 47.4. The molecule has 4 aliphatic heterocycles. The average Bonchev–Trinajstić information content (AvgIpc) is 4.02. The predicted molar refractivity (Wildman–Crippen MR) is 304 cm³/mol. The van der Waals surface area contributed by atoms with E-state index in [1.807, 2.05) is 0 Å². The van der Waals surface area contributed by atoms with Crippen molar-refractivity contribution in [3.63, 3.8) is 0 Å². The van der Waals surface area contributed by atoms with Crippen molar-refractivity contribution < 1.29 is 4.74 Å². The second kappa shape index (κ2) is 17.8. The molecular weight excluding hydrogens is 903 g/mol. The number of rotatable bonds is 5. The standard InChI is InChI=1S/C68H87N5O/c1-65(2,3)42-26-30-54-49(35-42)50-36-43(66(4,5)6)27-31-55(50)72(54)58-39-59(73-56-32-28-44(67(7,8)9)37-51(56)52-38-45(68(10,11)12)29-33-57(52)73)53(34-41(58)40-69)64-70(13)63(71(64)46-20-15-14-16-21-46)48-23-19-25-61-62(48)47-22-17-18-24-60(47)74-61/h14-18,20-21,25-28,30-32,34,38,42-44,47,49,51,54,56,59-60,63-64H,19,22-24,29,33,35-37,39H2,1-13H3. The number of hydrogen-bond acceptors (Lipinski definition) is 6. The van der Waals surface area contributed by atoms with Gasteiger partial charge in [-0.25, -0.2) is 0 Å². The Morgan fingerprint density at radius 3 is 2.03 bits per heavy atom. The zero-order chi connectivity index (χ0) is 52.0. The summed E-state index contributed by atoms with van der Waals surface area (Å²) in [6, 6.07) is 14.7. The summed E-state index contributed by atoms with van der Waals surface area (Å²) in [5.41, 5.74) is 16.0. The first-order valence-electron chi connectivity index (χ1n) is 29.1. The van der Waals surface area contributed by atoms with Crippen LogP contribution >= 0.6 is 0 Å². The lowest BCUT2D eigenvalue weighted by Crippen LogP contribution is -2.73. The maximum atomic E-state index is 11.8. The third-order valence-electron chi connectivity index (χ3n) is 20.3. The Balaban J connectivity index is 1.05. The molecule has 1 aromatic rings. The largest absolute Gasteiger partial charge is 0.489 e. The first-order valence-corrected chi connectivity index (χ1v) is 29.1. The summed E-state index contributed by atoms with van der Waals surface area (Å²) in [5, 5.41) is 11.8. The molecule has 4 heterocycles. The Kier molecular flexibility index (Phi) is 12.0. The van der Waals surface area contributed by atoms with E-state index in [0.29, 0.717) is 35.5 Å². The van der Waals surface area contributed by atoms with Gasteiger partial charge in [-0.05, 0) is 150 Å². The van der Waals surface area contributed by atoms with Crippen LogP contribution in [0.5, 0.6) is 0 Å². The predicted octanol–water partition coefficient (Wildman–Crippen LogP) is 15.6. The molecule has 390 valence electrons. The molecule has 1 aromatic carbocycles. The van der Waals surface area contributed by atoms with Gasteiger partial charge in [0, 0.05) is 58.9 Å². The normalized spacial score (nSPS) is 34.9. The van der Waals surface area contributed by atoms with Crippen LogP contribution < -0.4 is 4.90 Å². The lowest BCUT2D eigenvalue weighted by atomic mass is 9.67. The second-order valence-corrected chi connectivity index (χ2v) is 28.7. The summed E-state index contributed by atoms with van der Waals surface area (Å²) in [5.74, 6) is 3.84. The van der Waals surface area contributed by atoms with E-state index in [1.165, 1.54) is 33.8 Å². The van der Waals surface area contributed by atoms with Gasteiger partial charge in [-0.15, -0.1) is 0 Å². The molecule has 12 rings (SSSR count). The van der Waals surface area contributed by atoms with Crippen LogP contribution in [-0.4, -0.2) is 58.3 Å². The van der Waals surface area contributed by atoms with Gasteiger partial charge in [0.1, 0.15) is 30.3 Å². The van der Waals surface area contributed by atoms with Crippen LogP contribution in [0.25, 0.3) is 0 Å². The van der Waals surface area contributed by atoms with Gasteiger partial charge in [0.2, 0.25) is 0 Å². The number of allylic oxidation sites excluding steroid dienone is 12. The first-order chi connectivity index (χ1) is 35.1. The van der Waals surface area contributed by atoms with Crippen LogP contribution in [0.1, 0.15) is 147 Å². The molecule has 6 heteroatoms. The maximum Gasteiger partial charge on any atom is 0.119 e. The van der Waals surface area contributed by atoms with E-state index in [9.17, 15) is 5.26 Å². The van der Waals surface area contributed by atoms with Crippen molar-refractivity contribution in [2.75, 3.05) is 11.9 Å². The molecule has 2 fully saturated rings. The molecule has 0 amide bonds. The Morgan fingerprint density at radius 1 is 0.649 bits per heavy atom. The zero-order valence-corrected chi connectivity index (χ0v) is 47.4. The summed E-state index contributed by atoms with van der Waals surface area (Å²) in [7, 11) is 2.39. The van der Waals surface area contributed by atoms with E-state index >= 15 is 0 Å². The van der Waals surface area contributed by atoms with Gasteiger partial charge in [-0.3, -0.25) is 4.90 Å². The molecule has 2 saturated heterocycles. The summed E-state index contributed by atoms with van der Waals surface area (Å²) in [6.07, 6.45) is 38.2. The average molecular weight is 990 g/mol. The van der Waals surface area contributed by atoms with Gasteiger partial charge in [0.15, 0.2) is 0 Å². The smallest absolute Gasteiger partial charge is 0.119 e. The first kappa shape index (κ1) is 49.9. The Morgan fingerprint density at radius 2 is 1.34 bits per heavy atom. The van der Waals surface area contributed by atoms with Gasteiger partial charge in [-0.2, -0.15) is 5.26 Å². The van der Waals surface area contributed by atoms with Gasteiger partial charge in [0.25, 0.3) is 0 Å². The van der Waals surface area contributed by atoms with E-state index in [-0.39, 0.29) is 58.2 Å². The van der Waals surface area contributed by atoms with Gasteiger partial charge >= 0.3 is 0 Å². The van der Waals surface area contributed by atoms with Crippen LogP contribution in [0.3, 0.4) is 0 Å². The van der Waals surface area contributed by atoms with Crippen LogP contribution in [0.15, 0.2) is 159 Å². The van der Waals surface area contributed by atoms with Crippen LogP contribution in [0, 0.1) is 68.5 Å². The summed E-state index contributed by atoms with van der Waals surface area (Å²) in [6.45, 7) is 29.1. The minimum absolute atomic E-state index is 0.0390. The van der Waals surface area contributed by atoms with Gasteiger partial charge in [0.05, 0.1) is 23.7 Å². The molecule has 0 radical (unpaired) electrons. The number of fused-ring (bicyclic) bond motifs is 7. The van der Waals surface area contributed by atoms with Crippen LogP contribution in [-0.2, 0) is 4.74 Å². The van der Waals surface area contributed by atoms with Crippen molar-refractivity contribution >= 4 is 5.69 Å². The topological polar surface area (TPSA) is 46.0 Å². The van der Waals surface area contributed by atoms with E-state index in [1.54, 1.807) is 22.4 Å². The number of para-hydroxylation sites is 1. The lowest BCUT2D eigenvalue weighted by molar-refractivity contribution is 0.0742. The quantitative estimate of drug-likeness (QED) is 0.274. The van der Waals surface area contributed by atoms with Crippen molar-refractivity contribution in [1.29, 1.82) is 5.26 Å². The third-order valence-corrected chi connectivity index (χ3v) is 20.3. The molecule has 11 aliphatic rings. The summed E-state index contributed by atoms with van der Waals surface area (Å²) >= 11 is 0. The molecule has 0 bridgehead atoms. The van der Waals surface area contributed by atoms with Crippen molar-refractivity contribution in [2.45, 2.75) is 184 Å². The minimum Gasteiger partial charge on any atom is -0.489 e. The Bertz CT molecular complexity index is 2870. The Hall–Kier alpha value is -4.99. The number of nitriles is 1. The number of nitrogens with zero attached hydrogens (tertiary/aromatic N) is 5. The molecular formula is C68H87N5O. The summed E-state index contributed by atoms with van der Waals surface area (Å²) in [4.78, 5) is 11.1. The molecule has 0 saturated carbocycles. The maximum absolute atomic E-state index is 11.8. The summed E-state index contributed by atoms with van der Waals surface area (Å²) < 4.78 is 6.81. The molecule has 0 N–H and O–H groups in total. The van der Waals surface area contributed by atoms with E-state index < -0.39 is 0 Å². The molecule has 6 nitrogen and oxygen atoms in total. The number of ether oxygens (including phenoxy) is 1. The Labute approximate surface area is 446 Å². The molecule has 12 atom stereocenters. The molecule has 0 spiro atoms. The molecule has 74 heavy (non-hydrogen) atoms. The highest BCUT2D eigenvalue weighted by atomic mass is 16.5. The highest BCUT2D eigenvalue weighted by Gasteiger charge is 2.57. The second-order valence-electron chi connectivity index (χ2n) is 28.7. The fourth-order valence-corrected chi connectivity index (χ4v) is 16.0. The third kappa shape index (κ3) is 8.09. The highest BCUT2D eigenvalue weighted by molar-refractivity contribution is 5.62. The monoisotopic (exact) mass is 990 g/mol. The van der Waals surface area contributed by atoms with Gasteiger partial charge < -0.3 is 19.4 Å². The number of anilines is 1. The molecule has 12 unspecified atom stereocenters. The van der Waals surface area contributed by atoms with Crippen molar-refractivity contribution in [3.8, 4) is 6.07 Å². The van der Waals surface area contributed by atoms with E-state index in [4.69, 9.17) is 4.74 Å².